The van der Waals surface area contributed by atoms with Crippen molar-refractivity contribution in [2.75, 3.05) is 13.1 Å². The quantitative estimate of drug-likeness (QED) is 0.877. The minimum absolute atomic E-state index is 0.123. The van der Waals surface area contributed by atoms with E-state index in [-0.39, 0.29) is 5.54 Å². The third-order valence-corrected chi connectivity index (χ3v) is 7.12. The van der Waals surface area contributed by atoms with E-state index in [0.29, 0.717) is 36.6 Å². The van der Waals surface area contributed by atoms with Crippen molar-refractivity contribution in [3.63, 3.8) is 0 Å². The van der Waals surface area contributed by atoms with Crippen molar-refractivity contribution in [3.8, 4) is 0 Å². The van der Waals surface area contributed by atoms with Crippen LogP contribution in [-0.4, -0.2) is 28.5 Å². The van der Waals surface area contributed by atoms with E-state index in [0.717, 1.165) is 19.5 Å². The van der Waals surface area contributed by atoms with Crippen molar-refractivity contribution in [1.82, 2.24) is 9.47 Å². The molecule has 1 aliphatic carbocycles. The Morgan fingerprint density at radius 2 is 2.08 bits per heavy atom. The number of hydrogen-bond acceptors (Lipinski definition) is 2. The summed E-state index contributed by atoms with van der Waals surface area (Å²) in [5.74, 6) is 1.72. The van der Waals surface area contributed by atoms with Crippen molar-refractivity contribution in [3.05, 3.63) is 35.5 Å². The minimum atomic E-state index is -0.123. The van der Waals surface area contributed by atoms with Gasteiger partial charge in [0.25, 0.3) is 0 Å². The second-order valence-corrected chi connectivity index (χ2v) is 8.00. The van der Waals surface area contributed by atoms with E-state index < -0.39 is 0 Å². The van der Waals surface area contributed by atoms with Crippen LogP contribution in [0.2, 0.25) is 0 Å². The maximum Gasteiger partial charge on any atom is 0.223 e. The Balaban J connectivity index is 1.83. The Morgan fingerprint density at radius 1 is 1.29 bits per heavy atom. The first-order chi connectivity index (χ1) is 11.6. The number of carbonyl (C=O) groups is 1. The Morgan fingerprint density at radius 3 is 2.88 bits per heavy atom. The number of nitrogens with zero attached hydrogens (tertiary/aromatic N) is 2. The van der Waals surface area contributed by atoms with Crippen LogP contribution in [0, 0.1) is 24.7 Å². The molecule has 2 fully saturated rings. The van der Waals surface area contributed by atoms with Crippen LogP contribution < -0.4 is 5.73 Å². The molecule has 4 heteroatoms. The SMILES string of the molecule is Cc1c2n(c3ccccc13)CCN1C(=O)CC3C(CN)C(C)CC231. The summed E-state index contributed by atoms with van der Waals surface area (Å²) >= 11 is 0. The first-order valence-electron chi connectivity index (χ1n) is 9.18. The molecule has 1 saturated carbocycles. The number of benzene rings is 1. The number of amides is 1. The fourth-order valence-corrected chi connectivity index (χ4v) is 6.28. The van der Waals surface area contributed by atoms with E-state index in [1.807, 2.05) is 0 Å². The molecule has 0 bridgehead atoms. The monoisotopic (exact) mass is 323 g/mol. The topological polar surface area (TPSA) is 51.3 Å². The van der Waals surface area contributed by atoms with Crippen LogP contribution in [0.1, 0.15) is 31.0 Å². The Bertz CT molecular complexity index is 854. The molecule has 4 nitrogen and oxygen atoms in total. The molecule has 5 rings (SSSR count). The number of carbonyl (C=O) groups excluding carboxylic acids is 1. The summed E-state index contributed by atoms with van der Waals surface area (Å²) < 4.78 is 2.50. The van der Waals surface area contributed by atoms with Crippen molar-refractivity contribution in [2.24, 2.45) is 23.5 Å². The minimum Gasteiger partial charge on any atom is -0.340 e. The first-order valence-corrected chi connectivity index (χ1v) is 9.18. The lowest BCUT2D eigenvalue weighted by Crippen LogP contribution is -2.51. The number of nitrogens with two attached hydrogens (primary N) is 1. The summed E-state index contributed by atoms with van der Waals surface area (Å²) in [5, 5.41) is 1.34. The predicted molar refractivity (Wildman–Crippen MR) is 94.5 cm³/mol. The smallest absolute Gasteiger partial charge is 0.223 e. The maximum absolute atomic E-state index is 12.8. The fourth-order valence-electron chi connectivity index (χ4n) is 6.28. The zero-order valence-electron chi connectivity index (χ0n) is 14.5. The number of aromatic nitrogens is 1. The molecule has 1 amide bonds. The second kappa shape index (κ2) is 4.63. The first kappa shape index (κ1) is 14.5. The molecule has 4 unspecified atom stereocenters. The van der Waals surface area contributed by atoms with Gasteiger partial charge in [0.15, 0.2) is 0 Å². The number of para-hydroxylation sites is 1. The van der Waals surface area contributed by atoms with Crippen LogP contribution in [-0.2, 0) is 16.9 Å². The van der Waals surface area contributed by atoms with Crippen molar-refractivity contribution >= 4 is 16.8 Å². The average molecular weight is 323 g/mol. The Kier molecular flexibility index (Phi) is 2.80. The van der Waals surface area contributed by atoms with Gasteiger partial charge in [0, 0.05) is 42.0 Å². The van der Waals surface area contributed by atoms with Crippen LogP contribution >= 0.6 is 0 Å². The van der Waals surface area contributed by atoms with Gasteiger partial charge in [-0.3, -0.25) is 4.79 Å². The standard InChI is InChI=1S/C20H25N3O/c1-12-10-20-16(15(12)11-21)9-18(24)23(20)8-7-22-17-6-4-3-5-14(17)13(2)19(20)22/h3-6,12,15-16H,7-11,21H2,1-2H3. The van der Waals surface area contributed by atoms with Gasteiger partial charge < -0.3 is 15.2 Å². The van der Waals surface area contributed by atoms with Crippen molar-refractivity contribution < 1.29 is 4.79 Å². The molecule has 0 radical (unpaired) electrons. The summed E-state index contributed by atoms with van der Waals surface area (Å²) in [6, 6.07) is 8.69. The third kappa shape index (κ3) is 1.47. The lowest BCUT2D eigenvalue weighted by atomic mass is 9.79. The number of hydrogen-bond donors (Lipinski definition) is 1. The molecule has 1 saturated heterocycles. The van der Waals surface area contributed by atoms with E-state index in [2.05, 4.69) is 47.6 Å². The van der Waals surface area contributed by atoms with Gasteiger partial charge in [-0.15, -0.1) is 0 Å². The highest BCUT2D eigenvalue weighted by Gasteiger charge is 2.64. The van der Waals surface area contributed by atoms with E-state index >= 15 is 0 Å². The molecule has 4 atom stereocenters. The lowest BCUT2D eigenvalue weighted by Gasteiger charge is -2.44. The van der Waals surface area contributed by atoms with Crippen LogP contribution in [0.25, 0.3) is 10.9 Å². The summed E-state index contributed by atoms with van der Waals surface area (Å²) in [4.78, 5) is 15.0. The molecule has 126 valence electrons. The van der Waals surface area contributed by atoms with Crippen LogP contribution in [0.5, 0.6) is 0 Å². The molecular formula is C20H25N3O. The maximum atomic E-state index is 12.8. The van der Waals surface area contributed by atoms with E-state index in [1.54, 1.807) is 0 Å². The summed E-state index contributed by atoms with van der Waals surface area (Å²) in [6.45, 7) is 7.00. The van der Waals surface area contributed by atoms with Gasteiger partial charge in [-0.25, -0.2) is 0 Å². The van der Waals surface area contributed by atoms with Gasteiger partial charge in [0.1, 0.15) is 0 Å². The molecule has 1 aromatic carbocycles. The average Bonchev–Trinajstić information content (AvgIpc) is 3.12. The van der Waals surface area contributed by atoms with Crippen molar-refractivity contribution in [2.45, 2.75) is 38.8 Å². The van der Waals surface area contributed by atoms with Gasteiger partial charge >= 0.3 is 0 Å². The van der Waals surface area contributed by atoms with Crippen LogP contribution in [0.3, 0.4) is 0 Å². The molecule has 3 aliphatic rings. The van der Waals surface area contributed by atoms with Gasteiger partial charge in [-0.05, 0) is 43.4 Å². The summed E-state index contributed by atoms with van der Waals surface area (Å²) in [5.41, 5.74) is 10.1. The summed E-state index contributed by atoms with van der Waals surface area (Å²) in [6.07, 6.45) is 1.73. The Labute approximate surface area is 142 Å². The van der Waals surface area contributed by atoms with Gasteiger partial charge in [0.05, 0.1) is 5.54 Å². The second-order valence-electron chi connectivity index (χ2n) is 8.00. The zero-order valence-corrected chi connectivity index (χ0v) is 14.5. The predicted octanol–water partition coefficient (Wildman–Crippen LogP) is 2.62. The highest BCUT2D eigenvalue weighted by molar-refractivity contribution is 5.88. The highest BCUT2D eigenvalue weighted by Crippen LogP contribution is 2.61. The van der Waals surface area contributed by atoms with Crippen molar-refractivity contribution in [1.29, 1.82) is 0 Å². The van der Waals surface area contributed by atoms with E-state index in [1.165, 1.54) is 22.2 Å². The number of rotatable bonds is 1. The van der Waals surface area contributed by atoms with Gasteiger partial charge in [-0.1, -0.05) is 25.1 Å². The largest absolute Gasteiger partial charge is 0.340 e. The van der Waals surface area contributed by atoms with Crippen LogP contribution in [0.4, 0.5) is 0 Å². The molecule has 3 heterocycles. The molecule has 2 aromatic rings. The number of fused-ring (bicyclic) bond motifs is 3. The molecule has 24 heavy (non-hydrogen) atoms. The molecule has 2 N–H and O–H groups in total. The lowest BCUT2D eigenvalue weighted by molar-refractivity contribution is -0.133. The third-order valence-electron chi connectivity index (χ3n) is 7.12. The molecule has 1 spiro atoms. The number of aryl methyl sites for hydroxylation is 1. The van der Waals surface area contributed by atoms with Gasteiger partial charge in [-0.2, -0.15) is 0 Å². The summed E-state index contributed by atoms with van der Waals surface area (Å²) in [7, 11) is 0. The Hall–Kier alpha value is -1.81. The zero-order chi connectivity index (χ0) is 16.6. The molecule has 2 aliphatic heterocycles. The van der Waals surface area contributed by atoms with Gasteiger partial charge in [0.2, 0.25) is 5.91 Å². The van der Waals surface area contributed by atoms with E-state index in [4.69, 9.17) is 5.73 Å². The van der Waals surface area contributed by atoms with Crippen LogP contribution in [0.15, 0.2) is 24.3 Å². The molecule has 1 aromatic heterocycles. The normalized spacial score (nSPS) is 34.5. The molecular weight excluding hydrogens is 298 g/mol. The highest BCUT2D eigenvalue weighted by atomic mass is 16.2. The van der Waals surface area contributed by atoms with E-state index in [9.17, 15) is 4.79 Å². The fraction of sp³-hybridized carbons (Fsp3) is 0.550.